The second-order valence-corrected chi connectivity index (χ2v) is 6.67. The van der Waals surface area contributed by atoms with Gasteiger partial charge < -0.3 is 10.2 Å². The highest BCUT2D eigenvalue weighted by Crippen LogP contribution is 2.18. The van der Waals surface area contributed by atoms with Gasteiger partial charge in [0.15, 0.2) is 0 Å². The van der Waals surface area contributed by atoms with Crippen molar-refractivity contribution in [3.05, 3.63) is 39.9 Å². The molecule has 1 aliphatic rings. The number of nitrogens with zero attached hydrogens (tertiary/aromatic N) is 3. The Hall–Kier alpha value is -1.50. The fourth-order valence-electron chi connectivity index (χ4n) is 3.13. The largest absolute Gasteiger partial charge is 0.311 e. The van der Waals surface area contributed by atoms with Crippen LogP contribution >= 0.6 is 0 Å². The van der Waals surface area contributed by atoms with Gasteiger partial charge in [-0.15, -0.1) is 0 Å². The van der Waals surface area contributed by atoms with Crippen LogP contribution in [-0.4, -0.2) is 60.5 Å². The van der Waals surface area contributed by atoms with Crippen LogP contribution in [0.4, 0.5) is 5.69 Å². The van der Waals surface area contributed by atoms with E-state index in [2.05, 4.69) is 36.0 Å². The van der Waals surface area contributed by atoms with Crippen molar-refractivity contribution in [1.29, 1.82) is 0 Å². The Morgan fingerprint density at radius 1 is 1.22 bits per heavy atom. The molecule has 0 saturated carbocycles. The summed E-state index contributed by atoms with van der Waals surface area (Å²) in [5, 5.41) is 14.5. The fourth-order valence-corrected chi connectivity index (χ4v) is 3.13. The predicted octanol–water partition coefficient (Wildman–Crippen LogP) is 1.96. The number of likely N-dealkylation sites (N-methyl/N-ethyl adjacent to an activating group) is 1. The van der Waals surface area contributed by atoms with Crippen molar-refractivity contribution in [3.8, 4) is 0 Å². The lowest BCUT2D eigenvalue weighted by Crippen LogP contribution is -2.53. The number of rotatable bonds is 7. The van der Waals surface area contributed by atoms with Gasteiger partial charge in [0.25, 0.3) is 5.69 Å². The highest BCUT2D eigenvalue weighted by Gasteiger charge is 2.24. The quantitative estimate of drug-likeness (QED) is 0.615. The van der Waals surface area contributed by atoms with Crippen molar-refractivity contribution in [2.75, 3.05) is 39.8 Å². The normalized spacial score (nSPS) is 18.3. The predicted molar refractivity (Wildman–Crippen MR) is 92.5 cm³/mol. The lowest BCUT2D eigenvalue weighted by atomic mass is 10.0. The summed E-state index contributed by atoms with van der Waals surface area (Å²) in [5.41, 5.74) is 0.944. The molecule has 0 bridgehead atoms. The molecular formula is C17H28N4O2. The van der Waals surface area contributed by atoms with E-state index < -0.39 is 0 Å². The molecule has 23 heavy (non-hydrogen) atoms. The summed E-state index contributed by atoms with van der Waals surface area (Å²) in [5.74, 6) is 0.552. The molecular weight excluding hydrogens is 292 g/mol. The van der Waals surface area contributed by atoms with Crippen LogP contribution in [0.15, 0.2) is 24.3 Å². The van der Waals surface area contributed by atoms with Crippen LogP contribution in [-0.2, 0) is 6.54 Å². The molecule has 1 aromatic rings. The number of nitro benzene ring substituents is 1. The summed E-state index contributed by atoms with van der Waals surface area (Å²) in [7, 11) is 2.16. The van der Waals surface area contributed by atoms with Crippen molar-refractivity contribution in [2.45, 2.75) is 26.4 Å². The van der Waals surface area contributed by atoms with E-state index in [1.54, 1.807) is 12.1 Å². The number of hydrogen-bond donors (Lipinski definition) is 1. The molecule has 0 spiro atoms. The van der Waals surface area contributed by atoms with Crippen LogP contribution in [0.3, 0.4) is 0 Å². The Bertz CT molecular complexity index is 513. The molecule has 1 fully saturated rings. The average molecular weight is 320 g/mol. The Labute approximate surface area is 138 Å². The van der Waals surface area contributed by atoms with Crippen molar-refractivity contribution in [2.24, 2.45) is 5.92 Å². The van der Waals surface area contributed by atoms with Gasteiger partial charge in [0.1, 0.15) is 0 Å². The second kappa shape index (κ2) is 8.38. The van der Waals surface area contributed by atoms with Crippen molar-refractivity contribution >= 4 is 5.69 Å². The highest BCUT2D eigenvalue weighted by molar-refractivity contribution is 5.39. The molecule has 2 rings (SSSR count). The van der Waals surface area contributed by atoms with E-state index in [-0.39, 0.29) is 10.6 Å². The van der Waals surface area contributed by atoms with E-state index in [4.69, 9.17) is 0 Å². The average Bonchev–Trinajstić information content (AvgIpc) is 2.52. The third-order valence-corrected chi connectivity index (χ3v) is 4.63. The lowest BCUT2D eigenvalue weighted by Gasteiger charge is -2.40. The van der Waals surface area contributed by atoms with Crippen molar-refractivity contribution in [1.82, 2.24) is 15.1 Å². The number of para-hydroxylation sites is 1. The van der Waals surface area contributed by atoms with E-state index in [9.17, 15) is 10.1 Å². The Kier molecular flexibility index (Phi) is 6.50. The molecule has 0 amide bonds. The van der Waals surface area contributed by atoms with Gasteiger partial charge in [-0.2, -0.15) is 0 Å². The van der Waals surface area contributed by atoms with Gasteiger partial charge >= 0.3 is 0 Å². The molecule has 0 aliphatic carbocycles. The summed E-state index contributed by atoms with van der Waals surface area (Å²) >= 11 is 0. The van der Waals surface area contributed by atoms with Crippen LogP contribution in [0, 0.1) is 16.0 Å². The molecule has 1 aromatic carbocycles. The molecule has 6 nitrogen and oxygen atoms in total. The number of hydrogen-bond acceptors (Lipinski definition) is 5. The molecule has 6 heteroatoms. The maximum atomic E-state index is 11.1. The summed E-state index contributed by atoms with van der Waals surface area (Å²) in [6, 6.07) is 7.42. The summed E-state index contributed by atoms with van der Waals surface area (Å²) in [6.07, 6.45) is 0. The minimum absolute atomic E-state index is 0.195. The van der Waals surface area contributed by atoms with Crippen LogP contribution < -0.4 is 5.32 Å². The maximum absolute atomic E-state index is 11.1. The first-order valence-corrected chi connectivity index (χ1v) is 8.34. The minimum Gasteiger partial charge on any atom is -0.311 e. The van der Waals surface area contributed by atoms with E-state index in [1.807, 2.05) is 12.1 Å². The maximum Gasteiger partial charge on any atom is 0.273 e. The Morgan fingerprint density at radius 2 is 1.87 bits per heavy atom. The summed E-state index contributed by atoms with van der Waals surface area (Å²) in [6.45, 7) is 10.3. The molecule has 128 valence electrons. The second-order valence-electron chi connectivity index (χ2n) is 6.67. The van der Waals surface area contributed by atoms with Gasteiger partial charge in [-0.1, -0.05) is 32.0 Å². The number of nitro groups is 1. The molecule has 1 unspecified atom stereocenters. The Balaban J connectivity index is 1.91. The third-order valence-electron chi connectivity index (χ3n) is 4.63. The van der Waals surface area contributed by atoms with Gasteiger partial charge in [0.05, 0.1) is 4.92 Å². The van der Waals surface area contributed by atoms with Crippen molar-refractivity contribution < 1.29 is 4.92 Å². The zero-order valence-corrected chi connectivity index (χ0v) is 14.4. The molecule has 0 aromatic heterocycles. The highest BCUT2D eigenvalue weighted by atomic mass is 16.6. The summed E-state index contributed by atoms with van der Waals surface area (Å²) < 4.78 is 0. The van der Waals surface area contributed by atoms with E-state index >= 15 is 0 Å². The number of piperazine rings is 1. The standard InChI is InChI=1S/C17H28N4O2/c1-14(2)17(20-10-8-19(3)9-11-20)13-18-12-15-6-4-5-7-16(15)21(22)23/h4-7,14,17-18H,8-13H2,1-3H3. The molecule has 1 saturated heterocycles. The molecule has 1 heterocycles. The topological polar surface area (TPSA) is 61.7 Å². The van der Waals surface area contributed by atoms with Crippen LogP contribution in [0.5, 0.6) is 0 Å². The minimum atomic E-state index is -0.308. The molecule has 1 aliphatic heterocycles. The number of nitrogens with one attached hydrogen (secondary N) is 1. The summed E-state index contributed by atoms with van der Waals surface area (Å²) in [4.78, 5) is 15.7. The van der Waals surface area contributed by atoms with Gasteiger partial charge in [-0.05, 0) is 13.0 Å². The van der Waals surface area contributed by atoms with E-state index in [0.717, 1.165) is 38.3 Å². The molecule has 1 atom stereocenters. The monoisotopic (exact) mass is 320 g/mol. The number of benzene rings is 1. The zero-order chi connectivity index (χ0) is 16.8. The lowest BCUT2D eigenvalue weighted by molar-refractivity contribution is -0.385. The first-order chi connectivity index (χ1) is 11.0. The fraction of sp³-hybridized carbons (Fsp3) is 0.647. The third kappa shape index (κ3) is 4.99. The zero-order valence-electron chi connectivity index (χ0n) is 14.4. The van der Waals surface area contributed by atoms with E-state index in [1.165, 1.54) is 0 Å². The Morgan fingerprint density at radius 3 is 2.48 bits per heavy atom. The van der Waals surface area contributed by atoms with Crippen LogP contribution in [0.2, 0.25) is 0 Å². The van der Waals surface area contributed by atoms with Crippen LogP contribution in [0.25, 0.3) is 0 Å². The van der Waals surface area contributed by atoms with E-state index in [0.29, 0.717) is 18.5 Å². The smallest absolute Gasteiger partial charge is 0.273 e. The first-order valence-electron chi connectivity index (χ1n) is 8.34. The van der Waals surface area contributed by atoms with Gasteiger partial charge in [-0.3, -0.25) is 15.0 Å². The first kappa shape index (κ1) is 17.8. The van der Waals surface area contributed by atoms with Gasteiger partial charge in [0.2, 0.25) is 0 Å². The van der Waals surface area contributed by atoms with Gasteiger partial charge in [-0.25, -0.2) is 0 Å². The molecule has 1 N–H and O–H groups in total. The SMILES string of the molecule is CC(C)C(CNCc1ccccc1[N+](=O)[O-])N1CCN(C)CC1. The molecule has 0 radical (unpaired) electrons. The van der Waals surface area contributed by atoms with Crippen LogP contribution in [0.1, 0.15) is 19.4 Å². The van der Waals surface area contributed by atoms with Crippen molar-refractivity contribution in [3.63, 3.8) is 0 Å². The van der Waals surface area contributed by atoms with Gasteiger partial charge in [0, 0.05) is 56.9 Å².